The Bertz CT molecular complexity index is 597. The molecule has 3 heteroatoms. The van der Waals surface area contributed by atoms with Crippen LogP contribution in [0.25, 0.3) is 0 Å². The average Bonchev–Trinajstić information content (AvgIpc) is 2.89. The van der Waals surface area contributed by atoms with Crippen molar-refractivity contribution in [3.63, 3.8) is 0 Å². The van der Waals surface area contributed by atoms with Crippen LogP contribution >= 0.6 is 11.6 Å². The number of hydrogen-bond acceptors (Lipinski definition) is 1. The summed E-state index contributed by atoms with van der Waals surface area (Å²) >= 11 is 6.09. The Hall–Kier alpha value is -1.54. The Balaban J connectivity index is 1.87. The summed E-state index contributed by atoms with van der Waals surface area (Å²) < 4.78 is 14.6. The van der Waals surface area contributed by atoms with Crippen LogP contribution in [0, 0.1) is 0 Å². The lowest BCUT2D eigenvalue weighted by molar-refractivity contribution is 0.343. The van der Waals surface area contributed by atoms with Gasteiger partial charge in [0.25, 0.3) is 0 Å². The molecule has 0 fully saturated rings. The van der Waals surface area contributed by atoms with E-state index in [9.17, 15) is 4.39 Å². The van der Waals surface area contributed by atoms with E-state index in [2.05, 4.69) is 11.4 Å². The van der Waals surface area contributed by atoms with Gasteiger partial charge in [-0.05, 0) is 23.6 Å². The van der Waals surface area contributed by atoms with Crippen molar-refractivity contribution in [1.82, 2.24) is 0 Å². The predicted molar refractivity (Wildman–Crippen MR) is 77.6 cm³/mol. The van der Waals surface area contributed by atoms with Crippen LogP contribution in [-0.2, 0) is 12.8 Å². The quantitative estimate of drug-likeness (QED) is 0.866. The van der Waals surface area contributed by atoms with Crippen molar-refractivity contribution in [2.45, 2.75) is 19.0 Å². The summed E-state index contributed by atoms with van der Waals surface area (Å²) in [5, 5.41) is 3.91. The first-order valence-corrected chi connectivity index (χ1v) is 6.86. The van der Waals surface area contributed by atoms with Crippen LogP contribution in [0.1, 0.15) is 22.9 Å². The molecule has 2 aromatic carbocycles. The molecule has 2 aromatic rings. The maximum Gasteiger partial charge on any atom is 0.131 e. The fourth-order valence-corrected chi connectivity index (χ4v) is 2.81. The number of fused-ring (bicyclic) bond motifs is 1. The Kier molecular flexibility index (Phi) is 3.43. The summed E-state index contributed by atoms with van der Waals surface area (Å²) in [6, 6.07) is 13.3. The summed E-state index contributed by atoms with van der Waals surface area (Å²) in [7, 11) is 0. The van der Waals surface area contributed by atoms with Gasteiger partial charge in [-0.15, -0.1) is 0 Å². The van der Waals surface area contributed by atoms with Gasteiger partial charge in [0, 0.05) is 29.2 Å². The van der Waals surface area contributed by atoms with Crippen LogP contribution in [0.4, 0.5) is 10.1 Å². The summed E-state index contributed by atoms with van der Waals surface area (Å²) in [4.78, 5) is 0. The monoisotopic (exact) mass is 275 g/mol. The minimum atomic E-state index is -1.03. The van der Waals surface area contributed by atoms with E-state index >= 15 is 0 Å². The molecule has 1 aliphatic rings. The van der Waals surface area contributed by atoms with E-state index in [1.54, 1.807) is 6.07 Å². The Morgan fingerprint density at radius 3 is 2.84 bits per heavy atom. The third-order valence-corrected chi connectivity index (χ3v) is 3.94. The SMILES string of the molecule is FC(Cc1ccccc1Cl)c1cccc2c1NCC2. The highest BCUT2D eigenvalue weighted by Gasteiger charge is 2.20. The molecule has 1 atom stereocenters. The number of halogens is 2. The molecular formula is C16H15ClFN. The fraction of sp³-hybridized carbons (Fsp3) is 0.250. The Morgan fingerprint density at radius 1 is 1.16 bits per heavy atom. The largest absolute Gasteiger partial charge is 0.384 e. The molecule has 98 valence electrons. The van der Waals surface area contributed by atoms with E-state index in [0.717, 1.165) is 29.8 Å². The van der Waals surface area contributed by atoms with E-state index < -0.39 is 6.17 Å². The maximum atomic E-state index is 14.6. The normalized spacial score (nSPS) is 14.8. The topological polar surface area (TPSA) is 12.0 Å². The number of alkyl halides is 1. The van der Waals surface area contributed by atoms with E-state index in [-0.39, 0.29) is 0 Å². The zero-order valence-electron chi connectivity index (χ0n) is 10.5. The lowest BCUT2D eigenvalue weighted by Gasteiger charge is -2.14. The van der Waals surface area contributed by atoms with Gasteiger partial charge in [0.1, 0.15) is 6.17 Å². The van der Waals surface area contributed by atoms with Gasteiger partial charge in [-0.25, -0.2) is 4.39 Å². The van der Waals surface area contributed by atoms with E-state index in [1.807, 2.05) is 30.3 Å². The molecule has 0 aromatic heterocycles. The van der Waals surface area contributed by atoms with Gasteiger partial charge in [-0.2, -0.15) is 0 Å². The standard InChI is InChI=1S/C16H15ClFN/c17-14-7-2-1-4-12(14)10-15(18)13-6-3-5-11-8-9-19-16(11)13/h1-7,15,19H,8-10H2. The second kappa shape index (κ2) is 5.22. The number of nitrogens with one attached hydrogen (secondary N) is 1. The molecule has 0 saturated carbocycles. The summed E-state index contributed by atoms with van der Waals surface area (Å²) in [6.07, 6.45) is 0.264. The van der Waals surface area contributed by atoms with Gasteiger partial charge in [0.15, 0.2) is 0 Å². The highest BCUT2D eigenvalue weighted by Crippen LogP contribution is 2.35. The van der Waals surface area contributed by atoms with Crippen molar-refractivity contribution < 1.29 is 4.39 Å². The highest BCUT2D eigenvalue weighted by atomic mass is 35.5. The van der Waals surface area contributed by atoms with Crippen molar-refractivity contribution in [3.05, 3.63) is 64.2 Å². The second-order valence-corrected chi connectivity index (χ2v) is 5.23. The zero-order chi connectivity index (χ0) is 13.2. The van der Waals surface area contributed by atoms with Crippen LogP contribution < -0.4 is 5.32 Å². The number of rotatable bonds is 3. The van der Waals surface area contributed by atoms with Crippen LogP contribution in [-0.4, -0.2) is 6.54 Å². The van der Waals surface area contributed by atoms with Gasteiger partial charge < -0.3 is 5.32 Å². The molecule has 0 bridgehead atoms. The third-order valence-electron chi connectivity index (χ3n) is 3.57. The van der Waals surface area contributed by atoms with Crippen molar-refractivity contribution in [2.75, 3.05) is 11.9 Å². The van der Waals surface area contributed by atoms with Crippen LogP contribution in [0.15, 0.2) is 42.5 Å². The highest BCUT2D eigenvalue weighted by molar-refractivity contribution is 6.31. The molecule has 3 rings (SSSR count). The molecule has 1 heterocycles. The summed E-state index contributed by atoms with van der Waals surface area (Å²) in [5.41, 5.74) is 3.78. The first kappa shape index (κ1) is 12.5. The van der Waals surface area contributed by atoms with Crippen molar-refractivity contribution in [3.8, 4) is 0 Å². The fourth-order valence-electron chi connectivity index (χ4n) is 2.59. The van der Waals surface area contributed by atoms with Crippen molar-refractivity contribution >= 4 is 17.3 Å². The summed E-state index contributed by atoms with van der Waals surface area (Å²) in [5.74, 6) is 0. The second-order valence-electron chi connectivity index (χ2n) is 4.82. The number of hydrogen-bond donors (Lipinski definition) is 1. The number of benzene rings is 2. The molecule has 1 nitrogen and oxygen atoms in total. The van der Waals surface area contributed by atoms with Gasteiger partial charge in [0.2, 0.25) is 0 Å². The molecule has 0 amide bonds. The zero-order valence-corrected chi connectivity index (χ0v) is 11.3. The lowest BCUT2D eigenvalue weighted by atomic mass is 9.99. The van der Waals surface area contributed by atoms with Gasteiger partial charge in [-0.3, -0.25) is 0 Å². The van der Waals surface area contributed by atoms with Crippen LogP contribution in [0.3, 0.4) is 0 Å². The van der Waals surface area contributed by atoms with Crippen LogP contribution in [0.5, 0.6) is 0 Å². The van der Waals surface area contributed by atoms with Crippen molar-refractivity contribution in [1.29, 1.82) is 0 Å². The van der Waals surface area contributed by atoms with Gasteiger partial charge >= 0.3 is 0 Å². The van der Waals surface area contributed by atoms with Gasteiger partial charge in [-0.1, -0.05) is 48.0 Å². The first-order chi connectivity index (χ1) is 9.25. The van der Waals surface area contributed by atoms with E-state index in [4.69, 9.17) is 11.6 Å². The van der Waals surface area contributed by atoms with Gasteiger partial charge in [0.05, 0.1) is 0 Å². The number of anilines is 1. The van der Waals surface area contributed by atoms with E-state index in [0.29, 0.717) is 11.4 Å². The maximum absolute atomic E-state index is 14.6. The minimum absolute atomic E-state index is 0.317. The molecule has 19 heavy (non-hydrogen) atoms. The van der Waals surface area contributed by atoms with Crippen molar-refractivity contribution in [2.24, 2.45) is 0 Å². The minimum Gasteiger partial charge on any atom is -0.384 e. The summed E-state index contributed by atoms with van der Waals surface area (Å²) in [6.45, 7) is 0.894. The number of para-hydroxylation sites is 1. The molecule has 1 N–H and O–H groups in total. The molecule has 0 aliphatic carbocycles. The molecule has 0 radical (unpaired) electrons. The smallest absolute Gasteiger partial charge is 0.131 e. The molecule has 0 spiro atoms. The molecule has 1 unspecified atom stereocenters. The molecular weight excluding hydrogens is 261 g/mol. The Labute approximate surface area is 117 Å². The predicted octanol–water partition coefficient (Wildman–Crippen LogP) is 4.56. The van der Waals surface area contributed by atoms with Crippen LogP contribution in [0.2, 0.25) is 5.02 Å². The molecule has 0 saturated heterocycles. The third kappa shape index (κ3) is 2.45. The first-order valence-electron chi connectivity index (χ1n) is 6.49. The molecule has 1 aliphatic heterocycles. The average molecular weight is 276 g/mol. The van der Waals surface area contributed by atoms with E-state index in [1.165, 1.54) is 5.56 Å². The lowest BCUT2D eigenvalue weighted by Crippen LogP contribution is -2.02. The Morgan fingerprint density at radius 2 is 2.00 bits per heavy atom.